The van der Waals surface area contributed by atoms with E-state index in [4.69, 9.17) is 17.3 Å². The molecule has 88 valence electrons. The van der Waals surface area contributed by atoms with Crippen LogP contribution < -0.4 is 10.6 Å². The van der Waals surface area contributed by atoms with Gasteiger partial charge in [0.25, 0.3) is 0 Å². The third-order valence-electron chi connectivity index (χ3n) is 2.89. The van der Waals surface area contributed by atoms with Gasteiger partial charge in [0.05, 0.1) is 11.4 Å². The van der Waals surface area contributed by atoms with Crippen molar-refractivity contribution in [3.8, 4) is 0 Å². The van der Waals surface area contributed by atoms with Crippen LogP contribution in [0.3, 0.4) is 0 Å². The Kier molecular flexibility index (Phi) is 3.16. The number of aryl methyl sites for hydroxylation is 1. The van der Waals surface area contributed by atoms with Gasteiger partial charge in [-0.15, -0.1) is 0 Å². The van der Waals surface area contributed by atoms with Crippen molar-refractivity contribution in [2.75, 3.05) is 43.9 Å². The molecule has 6 heteroatoms. The number of nitrogens with zero attached hydrogens (tertiary/aromatic N) is 4. The van der Waals surface area contributed by atoms with Crippen LogP contribution in [0.1, 0.15) is 5.69 Å². The maximum Gasteiger partial charge on any atom is 0.224 e. The second-order valence-corrected chi connectivity index (χ2v) is 4.44. The molecule has 0 aliphatic carbocycles. The number of halogens is 1. The van der Waals surface area contributed by atoms with Crippen LogP contribution in [-0.4, -0.2) is 48.1 Å². The second kappa shape index (κ2) is 4.43. The predicted octanol–water partition coefficient (Wildman–Crippen LogP) is 0.772. The molecular weight excluding hydrogens is 226 g/mol. The Morgan fingerprint density at radius 1 is 1.19 bits per heavy atom. The lowest BCUT2D eigenvalue weighted by molar-refractivity contribution is 0.312. The first-order chi connectivity index (χ1) is 7.58. The Morgan fingerprint density at radius 3 is 2.44 bits per heavy atom. The Morgan fingerprint density at radius 2 is 1.81 bits per heavy atom. The van der Waals surface area contributed by atoms with Crippen LogP contribution in [0.4, 0.5) is 11.5 Å². The van der Waals surface area contributed by atoms with Crippen molar-refractivity contribution in [2.45, 2.75) is 6.92 Å². The molecule has 1 aliphatic heterocycles. The van der Waals surface area contributed by atoms with Crippen molar-refractivity contribution in [1.82, 2.24) is 14.9 Å². The average Bonchev–Trinajstić information content (AvgIpc) is 2.25. The molecule has 16 heavy (non-hydrogen) atoms. The largest absolute Gasteiger partial charge is 0.394 e. The standard InChI is InChI=1S/C10H16ClN5/c1-7-8(12)9(14-10(11)13-7)16-5-3-15(2)4-6-16/h3-6,12H2,1-2H3. The van der Waals surface area contributed by atoms with E-state index in [0.717, 1.165) is 37.7 Å². The molecule has 0 radical (unpaired) electrons. The zero-order valence-electron chi connectivity index (χ0n) is 9.57. The van der Waals surface area contributed by atoms with Crippen LogP contribution >= 0.6 is 11.6 Å². The molecular formula is C10H16ClN5. The van der Waals surface area contributed by atoms with Gasteiger partial charge < -0.3 is 15.5 Å². The SMILES string of the molecule is Cc1nc(Cl)nc(N2CCN(C)CC2)c1N. The summed E-state index contributed by atoms with van der Waals surface area (Å²) in [6.45, 7) is 5.73. The first kappa shape index (κ1) is 11.4. The fraction of sp³-hybridized carbons (Fsp3) is 0.600. The van der Waals surface area contributed by atoms with E-state index < -0.39 is 0 Å². The lowest BCUT2D eigenvalue weighted by Gasteiger charge is -2.33. The normalized spacial score (nSPS) is 17.8. The van der Waals surface area contributed by atoms with Gasteiger partial charge in [0.2, 0.25) is 5.28 Å². The minimum absolute atomic E-state index is 0.264. The van der Waals surface area contributed by atoms with Crippen LogP contribution in [0.15, 0.2) is 0 Å². The van der Waals surface area contributed by atoms with E-state index in [-0.39, 0.29) is 5.28 Å². The summed E-state index contributed by atoms with van der Waals surface area (Å²) in [5, 5.41) is 0.264. The fourth-order valence-electron chi connectivity index (χ4n) is 1.79. The van der Waals surface area contributed by atoms with Gasteiger partial charge in [0.1, 0.15) is 0 Å². The summed E-state index contributed by atoms with van der Waals surface area (Å²) in [5.74, 6) is 0.769. The molecule has 1 fully saturated rings. The molecule has 0 unspecified atom stereocenters. The Hall–Kier alpha value is -1.07. The molecule has 0 bridgehead atoms. The van der Waals surface area contributed by atoms with E-state index >= 15 is 0 Å². The molecule has 0 aromatic carbocycles. The van der Waals surface area contributed by atoms with Gasteiger partial charge >= 0.3 is 0 Å². The summed E-state index contributed by atoms with van der Waals surface area (Å²) in [6, 6.07) is 0. The van der Waals surface area contributed by atoms with Crippen molar-refractivity contribution in [2.24, 2.45) is 0 Å². The fourth-order valence-corrected chi connectivity index (χ4v) is 2.00. The Labute approximate surface area is 100 Å². The number of nitrogens with two attached hydrogens (primary N) is 1. The number of hydrogen-bond acceptors (Lipinski definition) is 5. The highest BCUT2D eigenvalue weighted by Gasteiger charge is 2.19. The number of piperazine rings is 1. The Bertz CT molecular complexity index is 387. The molecule has 0 amide bonds. The van der Waals surface area contributed by atoms with Crippen molar-refractivity contribution in [3.05, 3.63) is 11.0 Å². The van der Waals surface area contributed by atoms with Gasteiger partial charge in [-0.3, -0.25) is 0 Å². The zero-order valence-corrected chi connectivity index (χ0v) is 10.3. The van der Waals surface area contributed by atoms with Gasteiger partial charge in [-0.05, 0) is 25.6 Å². The van der Waals surface area contributed by atoms with Gasteiger partial charge in [-0.2, -0.15) is 4.98 Å². The molecule has 0 spiro atoms. The molecule has 1 aromatic rings. The summed E-state index contributed by atoms with van der Waals surface area (Å²) in [4.78, 5) is 12.7. The highest BCUT2D eigenvalue weighted by molar-refractivity contribution is 6.28. The monoisotopic (exact) mass is 241 g/mol. The van der Waals surface area contributed by atoms with Crippen LogP contribution in [0.5, 0.6) is 0 Å². The lowest BCUT2D eigenvalue weighted by atomic mass is 10.3. The third kappa shape index (κ3) is 2.20. The molecule has 1 aromatic heterocycles. The van der Waals surface area contributed by atoms with Crippen molar-refractivity contribution in [1.29, 1.82) is 0 Å². The molecule has 2 heterocycles. The number of nitrogen functional groups attached to an aromatic ring is 1. The second-order valence-electron chi connectivity index (χ2n) is 4.11. The van der Waals surface area contributed by atoms with Crippen molar-refractivity contribution < 1.29 is 0 Å². The van der Waals surface area contributed by atoms with E-state index in [0.29, 0.717) is 5.69 Å². The number of anilines is 2. The summed E-state index contributed by atoms with van der Waals surface area (Å²) in [7, 11) is 2.11. The number of hydrogen-bond donors (Lipinski definition) is 1. The summed E-state index contributed by atoms with van der Waals surface area (Å²) >= 11 is 5.86. The van der Waals surface area contributed by atoms with E-state index in [2.05, 4.69) is 26.8 Å². The topological polar surface area (TPSA) is 58.3 Å². The average molecular weight is 242 g/mol. The molecule has 1 aliphatic rings. The highest BCUT2D eigenvalue weighted by Crippen LogP contribution is 2.25. The quantitative estimate of drug-likeness (QED) is 0.737. The summed E-state index contributed by atoms with van der Waals surface area (Å²) in [5.41, 5.74) is 7.36. The van der Waals surface area contributed by atoms with Crippen LogP contribution in [0.2, 0.25) is 5.28 Å². The van der Waals surface area contributed by atoms with E-state index in [9.17, 15) is 0 Å². The highest BCUT2D eigenvalue weighted by atomic mass is 35.5. The molecule has 2 rings (SSSR count). The summed E-state index contributed by atoms with van der Waals surface area (Å²) < 4.78 is 0. The van der Waals surface area contributed by atoms with E-state index in [1.807, 2.05) is 6.92 Å². The molecule has 2 N–H and O–H groups in total. The number of likely N-dealkylation sites (N-methyl/N-ethyl adjacent to an activating group) is 1. The molecule has 0 atom stereocenters. The minimum Gasteiger partial charge on any atom is -0.394 e. The molecule has 1 saturated heterocycles. The van der Waals surface area contributed by atoms with Crippen molar-refractivity contribution in [3.63, 3.8) is 0 Å². The maximum absolute atomic E-state index is 5.98. The maximum atomic E-state index is 5.98. The summed E-state index contributed by atoms with van der Waals surface area (Å²) in [6.07, 6.45) is 0. The number of aromatic nitrogens is 2. The number of rotatable bonds is 1. The van der Waals surface area contributed by atoms with Gasteiger partial charge in [0.15, 0.2) is 5.82 Å². The minimum atomic E-state index is 0.264. The van der Waals surface area contributed by atoms with Crippen LogP contribution in [0.25, 0.3) is 0 Å². The third-order valence-corrected chi connectivity index (χ3v) is 3.06. The molecule has 0 saturated carbocycles. The van der Waals surface area contributed by atoms with Gasteiger partial charge in [-0.25, -0.2) is 4.98 Å². The van der Waals surface area contributed by atoms with Crippen LogP contribution in [0, 0.1) is 6.92 Å². The van der Waals surface area contributed by atoms with E-state index in [1.165, 1.54) is 0 Å². The zero-order chi connectivity index (χ0) is 11.7. The lowest BCUT2D eigenvalue weighted by Crippen LogP contribution is -2.45. The predicted molar refractivity (Wildman–Crippen MR) is 65.9 cm³/mol. The Balaban J connectivity index is 2.26. The van der Waals surface area contributed by atoms with Gasteiger partial charge in [0, 0.05) is 26.2 Å². The van der Waals surface area contributed by atoms with Gasteiger partial charge in [-0.1, -0.05) is 0 Å². The molecule has 5 nitrogen and oxygen atoms in total. The first-order valence-corrected chi connectivity index (χ1v) is 5.69. The van der Waals surface area contributed by atoms with E-state index in [1.54, 1.807) is 0 Å². The smallest absolute Gasteiger partial charge is 0.224 e. The first-order valence-electron chi connectivity index (χ1n) is 5.31. The van der Waals surface area contributed by atoms with Crippen molar-refractivity contribution >= 4 is 23.1 Å². The van der Waals surface area contributed by atoms with Crippen LogP contribution in [-0.2, 0) is 0 Å².